The van der Waals surface area contributed by atoms with Crippen molar-refractivity contribution in [2.24, 2.45) is 0 Å². The fourth-order valence-corrected chi connectivity index (χ4v) is 5.59. The minimum Gasteiger partial charge on any atom is -0.492 e. The highest BCUT2D eigenvalue weighted by Crippen LogP contribution is 2.29. The summed E-state index contributed by atoms with van der Waals surface area (Å²) < 4.78 is 13.6. The van der Waals surface area contributed by atoms with Gasteiger partial charge in [0, 0.05) is 17.3 Å². The van der Waals surface area contributed by atoms with Gasteiger partial charge in [-0.1, -0.05) is 125 Å². The molecule has 0 radical (unpaired) electrons. The zero-order valence-corrected chi connectivity index (χ0v) is 26.3. The van der Waals surface area contributed by atoms with Gasteiger partial charge in [-0.25, -0.2) is 0 Å². The van der Waals surface area contributed by atoms with E-state index in [-0.39, 0.29) is 12.5 Å². The first-order valence-electron chi connectivity index (χ1n) is 15.5. The van der Waals surface area contributed by atoms with Crippen LogP contribution in [-0.2, 0) is 11.3 Å². The van der Waals surface area contributed by atoms with Crippen LogP contribution in [0, 0.1) is 0 Å². The zero-order chi connectivity index (χ0) is 29.0. The van der Waals surface area contributed by atoms with Crippen molar-refractivity contribution in [1.82, 2.24) is 0 Å². The van der Waals surface area contributed by atoms with Crippen LogP contribution in [0.4, 0.5) is 5.69 Å². The quantitative estimate of drug-likeness (QED) is 0.0923. The average Bonchev–Trinajstić information content (AvgIpc) is 3.49. The number of carbonyl (C=O) groups excluding carboxylic acids is 1. The van der Waals surface area contributed by atoms with Gasteiger partial charge in [0.25, 0.3) is 5.91 Å². The number of hydrogen-bond acceptors (Lipinski definition) is 4. The van der Waals surface area contributed by atoms with Gasteiger partial charge in [-0.2, -0.15) is 4.57 Å². The predicted octanol–water partition coefficient (Wildman–Crippen LogP) is 9.61. The number of hydrogen-bond donors (Lipinski definition) is 1. The molecule has 0 unspecified atom stereocenters. The van der Waals surface area contributed by atoms with E-state index in [1.54, 1.807) is 23.5 Å². The monoisotopic (exact) mass is 599 g/mol. The molecule has 0 aliphatic carbocycles. The molecule has 3 aromatic rings. The number of unbranched alkanes of at least 4 members (excludes halogenated alkanes) is 13. The molecule has 1 aromatic heterocycles. The van der Waals surface area contributed by atoms with Gasteiger partial charge in [0.1, 0.15) is 11.5 Å². The van der Waals surface area contributed by atoms with E-state index in [9.17, 15) is 4.79 Å². The molecule has 224 valence electrons. The van der Waals surface area contributed by atoms with Crippen molar-refractivity contribution >= 4 is 34.5 Å². The van der Waals surface area contributed by atoms with Crippen LogP contribution in [0.2, 0.25) is 5.02 Å². The SMILES string of the molecule is CCCCCCCCCCCCCCCCOc1ccc(OCC(=O)Nc2ccc(C[n+]3ccsc3)cc2)cc1Cl. The normalized spacial score (nSPS) is 11.0. The Hall–Kier alpha value is -2.57. The third-order valence-electron chi connectivity index (χ3n) is 7.16. The van der Waals surface area contributed by atoms with Crippen LogP contribution >= 0.6 is 22.9 Å². The van der Waals surface area contributed by atoms with E-state index in [1.165, 1.54) is 89.0 Å². The van der Waals surface area contributed by atoms with Crippen LogP contribution in [0.25, 0.3) is 0 Å². The molecule has 0 bridgehead atoms. The highest BCUT2D eigenvalue weighted by atomic mass is 35.5. The smallest absolute Gasteiger partial charge is 0.262 e. The molecule has 0 fully saturated rings. The van der Waals surface area contributed by atoms with Crippen molar-refractivity contribution in [3.05, 3.63) is 70.1 Å². The Morgan fingerprint density at radius 3 is 2.05 bits per heavy atom. The minimum atomic E-state index is -0.223. The van der Waals surface area contributed by atoms with Gasteiger partial charge >= 0.3 is 0 Å². The van der Waals surface area contributed by atoms with Crippen LogP contribution < -0.4 is 19.4 Å². The average molecular weight is 600 g/mol. The highest BCUT2D eigenvalue weighted by Gasteiger charge is 2.08. The molecule has 0 aliphatic rings. The van der Waals surface area contributed by atoms with Crippen molar-refractivity contribution in [2.45, 2.75) is 103 Å². The second-order valence-corrected chi connectivity index (χ2v) is 11.9. The number of benzene rings is 2. The van der Waals surface area contributed by atoms with Crippen LogP contribution in [0.5, 0.6) is 11.5 Å². The molecule has 41 heavy (non-hydrogen) atoms. The Kier molecular flexibility index (Phi) is 16.3. The number of ether oxygens (including phenoxy) is 2. The number of amides is 1. The summed E-state index contributed by atoms with van der Waals surface area (Å²) in [6.45, 7) is 3.64. The van der Waals surface area contributed by atoms with Crippen LogP contribution in [-0.4, -0.2) is 19.1 Å². The van der Waals surface area contributed by atoms with Gasteiger partial charge in [-0.15, -0.1) is 0 Å². The lowest BCUT2D eigenvalue weighted by Crippen LogP contribution is -2.30. The number of rotatable bonds is 22. The standard InChI is InChI=1S/C34H47ClN2O3S/c1-2-3-4-5-6-7-8-9-10-11-12-13-14-15-23-39-33-21-20-31(25-32(33)35)40-27-34(38)36-30-18-16-29(17-19-30)26-37-22-24-41-28-37/h16-22,24-25,28H,2-15,23,26-27H2,1H3/p+1. The van der Waals surface area contributed by atoms with Gasteiger partial charge < -0.3 is 14.8 Å². The van der Waals surface area contributed by atoms with Gasteiger partial charge in [0.15, 0.2) is 19.3 Å². The summed E-state index contributed by atoms with van der Waals surface area (Å²) in [4.78, 5) is 12.4. The predicted molar refractivity (Wildman–Crippen MR) is 171 cm³/mol. The van der Waals surface area contributed by atoms with Gasteiger partial charge in [0.2, 0.25) is 5.51 Å². The van der Waals surface area contributed by atoms with E-state index in [2.05, 4.69) is 22.3 Å². The van der Waals surface area contributed by atoms with Crippen LogP contribution in [0.1, 0.15) is 102 Å². The molecule has 2 aromatic carbocycles. The summed E-state index contributed by atoms with van der Waals surface area (Å²) in [6.07, 6.45) is 20.8. The van der Waals surface area contributed by atoms with E-state index in [1.807, 2.05) is 41.9 Å². The molecule has 0 aliphatic heterocycles. The summed E-state index contributed by atoms with van der Waals surface area (Å²) in [7, 11) is 0. The number of nitrogens with one attached hydrogen (secondary N) is 1. The molecule has 7 heteroatoms. The largest absolute Gasteiger partial charge is 0.492 e. The summed E-state index contributed by atoms with van der Waals surface area (Å²) in [5.41, 5.74) is 3.98. The van der Waals surface area contributed by atoms with Gasteiger partial charge in [-0.3, -0.25) is 4.79 Å². The molecular weight excluding hydrogens is 552 g/mol. The van der Waals surface area contributed by atoms with Crippen molar-refractivity contribution in [2.75, 3.05) is 18.5 Å². The molecule has 0 saturated carbocycles. The molecule has 0 spiro atoms. The number of anilines is 1. The fraction of sp³-hybridized carbons (Fsp3) is 0.529. The maximum atomic E-state index is 12.4. The number of thiazole rings is 1. The van der Waals surface area contributed by atoms with E-state index < -0.39 is 0 Å². The summed E-state index contributed by atoms with van der Waals surface area (Å²) in [5, 5.41) is 5.41. The van der Waals surface area contributed by atoms with E-state index in [4.69, 9.17) is 21.1 Å². The lowest BCUT2D eigenvalue weighted by molar-refractivity contribution is -0.683. The lowest BCUT2D eigenvalue weighted by Gasteiger charge is -2.11. The summed E-state index contributed by atoms with van der Waals surface area (Å²) in [6, 6.07) is 13.1. The van der Waals surface area contributed by atoms with E-state index >= 15 is 0 Å². The summed E-state index contributed by atoms with van der Waals surface area (Å²) in [5.74, 6) is 0.968. The molecule has 0 atom stereocenters. The number of nitrogens with zero attached hydrogens (tertiary/aromatic N) is 1. The highest BCUT2D eigenvalue weighted by molar-refractivity contribution is 7.07. The minimum absolute atomic E-state index is 0.0952. The number of halogens is 1. The van der Waals surface area contributed by atoms with Crippen molar-refractivity contribution in [3.63, 3.8) is 0 Å². The summed E-state index contributed by atoms with van der Waals surface area (Å²) >= 11 is 8.06. The second-order valence-electron chi connectivity index (χ2n) is 10.8. The molecule has 5 nitrogen and oxygen atoms in total. The molecule has 1 N–H and O–H groups in total. The molecule has 1 heterocycles. The van der Waals surface area contributed by atoms with Gasteiger partial charge in [-0.05, 0) is 30.7 Å². The third kappa shape index (κ3) is 14.2. The molecular formula is C34H48ClN2O3S+. The Morgan fingerprint density at radius 2 is 1.46 bits per heavy atom. The Labute approximate surface area is 256 Å². The maximum absolute atomic E-state index is 12.4. The van der Waals surface area contributed by atoms with Gasteiger partial charge in [0.05, 0.1) is 17.0 Å². The number of carbonyl (C=O) groups is 1. The maximum Gasteiger partial charge on any atom is 0.262 e. The first-order chi connectivity index (χ1) is 20.1. The first-order valence-corrected chi connectivity index (χ1v) is 16.8. The number of aromatic nitrogens is 1. The fourth-order valence-electron chi connectivity index (χ4n) is 4.77. The molecule has 0 saturated heterocycles. The Bertz CT molecular complexity index is 1110. The van der Waals surface area contributed by atoms with E-state index in [0.29, 0.717) is 23.1 Å². The third-order valence-corrected chi connectivity index (χ3v) is 8.13. The van der Waals surface area contributed by atoms with Crippen LogP contribution in [0.3, 0.4) is 0 Å². The zero-order valence-electron chi connectivity index (χ0n) is 24.8. The van der Waals surface area contributed by atoms with Crippen molar-refractivity contribution in [1.29, 1.82) is 0 Å². The van der Waals surface area contributed by atoms with E-state index in [0.717, 1.165) is 18.7 Å². The Balaban J connectivity index is 1.20. The van der Waals surface area contributed by atoms with Crippen molar-refractivity contribution in [3.8, 4) is 11.5 Å². The topological polar surface area (TPSA) is 51.4 Å². The molecule has 3 rings (SSSR count). The van der Waals surface area contributed by atoms with Crippen molar-refractivity contribution < 1.29 is 18.8 Å². The second kappa shape index (κ2) is 20.3. The molecule has 1 amide bonds. The Morgan fingerprint density at radius 1 is 0.829 bits per heavy atom. The first kappa shape index (κ1) is 32.9. The van der Waals surface area contributed by atoms with Crippen LogP contribution in [0.15, 0.2) is 59.6 Å². The lowest BCUT2D eigenvalue weighted by atomic mass is 10.0.